The molecule has 0 aliphatic rings. The van der Waals surface area contributed by atoms with Crippen molar-refractivity contribution >= 4 is 40.7 Å². The molecule has 0 heterocycles. The van der Waals surface area contributed by atoms with Crippen molar-refractivity contribution in [1.82, 2.24) is 0 Å². The van der Waals surface area contributed by atoms with Crippen LogP contribution in [0.5, 0.6) is 0 Å². The Morgan fingerprint density at radius 3 is 1.40 bits per heavy atom. The maximum atomic E-state index is 11.6. The van der Waals surface area contributed by atoms with Gasteiger partial charge in [-0.05, 0) is 24.4 Å². The van der Waals surface area contributed by atoms with Crippen LogP contribution in [0.2, 0.25) is 0 Å². The van der Waals surface area contributed by atoms with Crippen LogP contribution in [0.4, 0.5) is 4.79 Å². The molecule has 0 saturated heterocycles. The smallest absolute Gasteiger partial charge is 0.382 e. The second-order valence-corrected chi connectivity index (χ2v) is 4.50. The fraction of sp³-hybridized carbons (Fsp3) is 0. The van der Waals surface area contributed by atoms with Gasteiger partial charge in [0, 0.05) is 11.1 Å². The minimum absolute atomic E-state index is 0.0476. The van der Waals surface area contributed by atoms with E-state index in [-0.39, 0.29) is 10.1 Å². The standard InChI is InChI=1S/C15H10O3S2/c16-15(17-13(19)11-7-3-1-4-8-11)18-14(20)12-9-5-2-6-10-12/h1-10H. The van der Waals surface area contributed by atoms with Crippen molar-refractivity contribution in [1.29, 1.82) is 0 Å². The summed E-state index contributed by atoms with van der Waals surface area (Å²) in [6.07, 6.45) is -0.937. The maximum absolute atomic E-state index is 11.6. The zero-order valence-electron chi connectivity index (χ0n) is 10.3. The van der Waals surface area contributed by atoms with Crippen molar-refractivity contribution in [2.75, 3.05) is 0 Å². The van der Waals surface area contributed by atoms with Gasteiger partial charge in [0.2, 0.25) is 10.1 Å². The van der Waals surface area contributed by atoms with Gasteiger partial charge in [0.05, 0.1) is 0 Å². The lowest BCUT2D eigenvalue weighted by atomic mass is 10.2. The van der Waals surface area contributed by atoms with E-state index in [1.165, 1.54) is 0 Å². The molecule has 2 aromatic carbocycles. The van der Waals surface area contributed by atoms with Gasteiger partial charge < -0.3 is 9.47 Å². The Morgan fingerprint density at radius 1 is 0.700 bits per heavy atom. The highest BCUT2D eigenvalue weighted by molar-refractivity contribution is 7.80. The molecule has 0 spiro atoms. The number of hydrogen-bond acceptors (Lipinski definition) is 5. The maximum Gasteiger partial charge on any atom is 0.521 e. The van der Waals surface area contributed by atoms with Crippen molar-refractivity contribution in [3.63, 3.8) is 0 Å². The van der Waals surface area contributed by atoms with Gasteiger partial charge in [-0.1, -0.05) is 60.7 Å². The van der Waals surface area contributed by atoms with Crippen LogP contribution in [0.25, 0.3) is 0 Å². The summed E-state index contributed by atoms with van der Waals surface area (Å²) in [6.45, 7) is 0. The fourth-order valence-corrected chi connectivity index (χ4v) is 1.85. The second kappa shape index (κ2) is 6.88. The van der Waals surface area contributed by atoms with Crippen LogP contribution in [0.3, 0.4) is 0 Å². The third-order valence-corrected chi connectivity index (χ3v) is 3.01. The predicted octanol–water partition coefficient (Wildman–Crippen LogP) is 3.89. The van der Waals surface area contributed by atoms with Crippen molar-refractivity contribution < 1.29 is 14.3 Å². The van der Waals surface area contributed by atoms with Crippen LogP contribution in [0, 0.1) is 0 Å². The van der Waals surface area contributed by atoms with E-state index in [4.69, 9.17) is 33.9 Å². The summed E-state index contributed by atoms with van der Waals surface area (Å²) in [5.74, 6) is 0. The van der Waals surface area contributed by atoms with Crippen LogP contribution >= 0.6 is 24.4 Å². The first-order valence-electron chi connectivity index (χ1n) is 5.75. The lowest BCUT2D eigenvalue weighted by molar-refractivity contribution is 0.148. The van der Waals surface area contributed by atoms with E-state index in [2.05, 4.69) is 0 Å². The monoisotopic (exact) mass is 302 g/mol. The lowest BCUT2D eigenvalue weighted by Crippen LogP contribution is -2.16. The van der Waals surface area contributed by atoms with Gasteiger partial charge in [-0.15, -0.1) is 0 Å². The zero-order valence-corrected chi connectivity index (χ0v) is 11.9. The fourth-order valence-electron chi connectivity index (χ4n) is 1.44. The quantitative estimate of drug-likeness (QED) is 0.621. The molecule has 3 nitrogen and oxygen atoms in total. The van der Waals surface area contributed by atoms with Gasteiger partial charge in [0.15, 0.2) is 0 Å². The second-order valence-electron chi connectivity index (χ2n) is 3.76. The van der Waals surface area contributed by atoms with Crippen LogP contribution in [-0.2, 0) is 9.47 Å². The molecule has 0 unspecified atom stereocenters. The largest absolute Gasteiger partial charge is 0.521 e. The number of carbonyl (C=O) groups excluding carboxylic acids is 1. The van der Waals surface area contributed by atoms with Gasteiger partial charge >= 0.3 is 6.16 Å². The summed E-state index contributed by atoms with van der Waals surface area (Å²) >= 11 is 10.00. The Kier molecular flexibility index (Phi) is 4.92. The van der Waals surface area contributed by atoms with Gasteiger partial charge in [-0.25, -0.2) is 4.79 Å². The van der Waals surface area contributed by atoms with Gasteiger partial charge in [-0.2, -0.15) is 0 Å². The number of ether oxygens (including phenoxy) is 2. The minimum atomic E-state index is -0.937. The minimum Gasteiger partial charge on any atom is -0.382 e. The van der Waals surface area contributed by atoms with E-state index in [9.17, 15) is 4.79 Å². The summed E-state index contributed by atoms with van der Waals surface area (Å²) in [4.78, 5) is 11.6. The number of hydrogen-bond donors (Lipinski definition) is 0. The lowest BCUT2D eigenvalue weighted by Gasteiger charge is -2.07. The summed E-state index contributed by atoms with van der Waals surface area (Å²) < 4.78 is 9.82. The zero-order chi connectivity index (χ0) is 14.4. The summed E-state index contributed by atoms with van der Waals surface area (Å²) in [5.41, 5.74) is 1.26. The van der Waals surface area contributed by atoms with Crippen LogP contribution in [-0.4, -0.2) is 16.3 Å². The van der Waals surface area contributed by atoms with Crippen LogP contribution in [0.1, 0.15) is 11.1 Å². The van der Waals surface area contributed by atoms with E-state index < -0.39 is 6.16 Å². The van der Waals surface area contributed by atoms with E-state index in [0.717, 1.165) is 0 Å². The molecular weight excluding hydrogens is 292 g/mol. The first-order chi connectivity index (χ1) is 9.66. The number of carbonyl (C=O) groups is 1. The SMILES string of the molecule is O=C(OC(=S)c1ccccc1)OC(=S)c1ccccc1. The third-order valence-electron chi connectivity index (χ3n) is 2.37. The average molecular weight is 302 g/mol. The number of benzene rings is 2. The Morgan fingerprint density at radius 2 is 1.05 bits per heavy atom. The van der Waals surface area contributed by atoms with Gasteiger partial charge in [0.25, 0.3) is 0 Å². The number of rotatable bonds is 2. The highest BCUT2D eigenvalue weighted by Gasteiger charge is 2.13. The van der Waals surface area contributed by atoms with Crippen molar-refractivity contribution in [3.05, 3.63) is 71.8 Å². The van der Waals surface area contributed by atoms with E-state index >= 15 is 0 Å². The summed E-state index contributed by atoms with van der Waals surface area (Å²) in [7, 11) is 0. The molecule has 0 amide bonds. The Bertz CT molecular complexity index is 569. The molecule has 0 aliphatic carbocycles. The predicted molar refractivity (Wildman–Crippen MR) is 83.9 cm³/mol. The molecule has 0 N–H and O–H groups in total. The molecule has 5 heteroatoms. The molecule has 100 valence electrons. The van der Waals surface area contributed by atoms with E-state index in [1.54, 1.807) is 48.5 Å². The summed E-state index contributed by atoms with van der Waals surface area (Å²) in [5, 5.41) is 0.0953. The Hall–Kier alpha value is -2.11. The molecule has 2 rings (SSSR count). The molecule has 0 radical (unpaired) electrons. The van der Waals surface area contributed by atoms with Gasteiger partial charge in [-0.3, -0.25) is 0 Å². The van der Waals surface area contributed by atoms with Crippen LogP contribution in [0.15, 0.2) is 60.7 Å². The molecule has 0 saturated carbocycles. The molecule has 2 aromatic rings. The molecule has 0 aromatic heterocycles. The molecule has 0 bridgehead atoms. The first kappa shape index (κ1) is 14.3. The molecular formula is C15H10O3S2. The molecule has 0 aliphatic heterocycles. The molecule has 0 atom stereocenters. The normalized spacial score (nSPS) is 9.60. The van der Waals surface area contributed by atoms with Crippen LogP contribution < -0.4 is 0 Å². The highest BCUT2D eigenvalue weighted by atomic mass is 32.1. The first-order valence-corrected chi connectivity index (χ1v) is 6.57. The van der Waals surface area contributed by atoms with Gasteiger partial charge in [0.1, 0.15) is 0 Å². The van der Waals surface area contributed by atoms with Crippen molar-refractivity contribution in [2.45, 2.75) is 0 Å². The summed E-state index contributed by atoms with van der Waals surface area (Å²) in [6, 6.07) is 17.8. The Balaban J connectivity index is 1.93. The molecule has 0 fully saturated rings. The topological polar surface area (TPSA) is 35.5 Å². The third kappa shape index (κ3) is 3.94. The van der Waals surface area contributed by atoms with E-state index in [0.29, 0.717) is 11.1 Å². The highest BCUT2D eigenvalue weighted by Crippen LogP contribution is 2.07. The molecule has 20 heavy (non-hydrogen) atoms. The Labute approximate surface area is 127 Å². The van der Waals surface area contributed by atoms with E-state index in [1.807, 2.05) is 12.1 Å². The van der Waals surface area contributed by atoms with Crippen molar-refractivity contribution in [3.8, 4) is 0 Å². The number of thiocarbonyl (C=S) groups is 2. The van der Waals surface area contributed by atoms with Crippen molar-refractivity contribution in [2.24, 2.45) is 0 Å². The average Bonchev–Trinajstić information content (AvgIpc) is 2.49.